The molecule has 260 valence electrons. The number of rotatable bonds is 7. The molecule has 2 aromatic rings. The minimum Gasteiger partial charge on any atom is -0.507 e. The molecular weight excluding hydrogens is 611 g/mol. The van der Waals surface area contributed by atoms with E-state index >= 15 is 4.39 Å². The molecule has 4 heterocycles. The highest BCUT2D eigenvalue weighted by Crippen LogP contribution is 2.29. The van der Waals surface area contributed by atoms with Gasteiger partial charge >= 0.3 is 6.09 Å². The lowest BCUT2D eigenvalue weighted by molar-refractivity contribution is -0.656. The molecule has 3 saturated heterocycles. The zero-order valence-electron chi connectivity index (χ0n) is 28.6. The van der Waals surface area contributed by atoms with Crippen LogP contribution in [-0.4, -0.2) is 108 Å². The van der Waals surface area contributed by atoms with Gasteiger partial charge in [0.15, 0.2) is 0 Å². The molecular formula is C36H52FN8O3+. The van der Waals surface area contributed by atoms with E-state index < -0.39 is 5.60 Å². The van der Waals surface area contributed by atoms with Gasteiger partial charge in [0.05, 0.1) is 11.4 Å². The molecule has 4 aliphatic heterocycles. The summed E-state index contributed by atoms with van der Waals surface area (Å²) in [5, 5.41) is 10.3. The van der Waals surface area contributed by atoms with Gasteiger partial charge in [-0.2, -0.15) is 5.43 Å². The zero-order chi connectivity index (χ0) is 33.8. The fourth-order valence-corrected chi connectivity index (χ4v) is 7.09. The van der Waals surface area contributed by atoms with E-state index in [9.17, 15) is 9.90 Å². The van der Waals surface area contributed by atoms with E-state index in [0.29, 0.717) is 37.1 Å². The van der Waals surface area contributed by atoms with E-state index in [1.165, 1.54) is 0 Å². The molecule has 0 aromatic heterocycles. The number of allylic oxidation sites excluding steroid dienone is 1. The first-order valence-electron chi connectivity index (χ1n) is 17.3. The highest BCUT2D eigenvalue weighted by molar-refractivity contribution is 5.71. The van der Waals surface area contributed by atoms with Crippen molar-refractivity contribution in [3.8, 4) is 5.75 Å². The van der Waals surface area contributed by atoms with E-state index in [1.807, 2.05) is 49.9 Å². The number of hydrogen-bond donors (Lipinski definition) is 4. The lowest BCUT2D eigenvalue weighted by Gasteiger charge is -2.39. The number of ether oxygens (including phenoxy) is 1. The van der Waals surface area contributed by atoms with Crippen molar-refractivity contribution in [3.05, 3.63) is 77.0 Å². The van der Waals surface area contributed by atoms with E-state index in [1.54, 1.807) is 23.6 Å². The van der Waals surface area contributed by atoms with Crippen molar-refractivity contribution in [2.75, 3.05) is 76.9 Å². The molecule has 1 amide bonds. The number of nitrogens with one attached hydrogen (secondary N) is 1. The number of quaternary nitrogens is 1. The van der Waals surface area contributed by atoms with Crippen LogP contribution in [-0.2, 0) is 11.3 Å². The molecule has 0 saturated carbocycles. The number of benzene rings is 2. The second-order valence-electron chi connectivity index (χ2n) is 14.5. The number of para-hydroxylation sites is 1. The molecule has 0 bridgehead atoms. The molecule has 0 aliphatic carbocycles. The number of piperidine rings is 1. The topological polar surface area (TPSA) is 117 Å². The van der Waals surface area contributed by atoms with Crippen LogP contribution in [0.15, 0.2) is 60.1 Å². The van der Waals surface area contributed by atoms with E-state index in [-0.39, 0.29) is 17.7 Å². The van der Waals surface area contributed by atoms with Crippen molar-refractivity contribution < 1.29 is 24.5 Å². The number of halogens is 1. The molecule has 2 aromatic carbocycles. The Labute approximate surface area is 283 Å². The molecule has 6 rings (SSSR count). The predicted molar refractivity (Wildman–Crippen MR) is 185 cm³/mol. The number of anilines is 1. The molecule has 12 heteroatoms. The SMILES string of the molecule is CC(C)(C)OC(=O)N1CCN(CC2CCN(c3ccc(CN4CCN(C5=C(N)[NH2+]NC(c6ccccc6O)=C5)CC4)cc3F)CC2)CC1. The Bertz CT molecular complexity index is 1500. The summed E-state index contributed by atoms with van der Waals surface area (Å²) in [6.07, 6.45) is 3.86. The fraction of sp³-hybridized carbons (Fsp3) is 0.528. The quantitative estimate of drug-likeness (QED) is 0.332. The van der Waals surface area contributed by atoms with E-state index in [0.717, 1.165) is 94.3 Å². The first-order chi connectivity index (χ1) is 23.0. The number of amides is 1. The summed E-state index contributed by atoms with van der Waals surface area (Å²) in [7, 11) is 0. The van der Waals surface area contributed by atoms with Gasteiger partial charge < -0.3 is 30.3 Å². The summed E-state index contributed by atoms with van der Waals surface area (Å²) < 4.78 is 21.0. The summed E-state index contributed by atoms with van der Waals surface area (Å²) in [5.74, 6) is 1.33. The second-order valence-corrected chi connectivity index (χ2v) is 14.5. The smallest absolute Gasteiger partial charge is 0.410 e. The van der Waals surface area contributed by atoms with Gasteiger partial charge in [-0.1, -0.05) is 18.2 Å². The third kappa shape index (κ3) is 8.34. The third-order valence-corrected chi connectivity index (χ3v) is 9.78. The lowest BCUT2D eigenvalue weighted by Crippen LogP contribution is -2.93. The van der Waals surface area contributed by atoms with Crippen LogP contribution in [0.25, 0.3) is 5.70 Å². The number of phenolic OH excluding ortho intramolecular Hbond substituents is 1. The fourth-order valence-electron chi connectivity index (χ4n) is 7.09. The maximum absolute atomic E-state index is 15.4. The molecule has 0 unspecified atom stereocenters. The molecule has 0 spiro atoms. The number of carbonyl (C=O) groups excluding carboxylic acids is 1. The first kappa shape index (κ1) is 33.9. The number of aromatic hydroxyl groups is 1. The van der Waals surface area contributed by atoms with Crippen molar-refractivity contribution in [3.63, 3.8) is 0 Å². The summed E-state index contributed by atoms with van der Waals surface area (Å²) >= 11 is 0. The van der Waals surface area contributed by atoms with Crippen LogP contribution in [0.5, 0.6) is 5.75 Å². The molecule has 48 heavy (non-hydrogen) atoms. The Morgan fingerprint density at radius 1 is 0.958 bits per heavy atom. The normalized spacial score (nSPS) is 20.5. The Morgan fingerprint density at radius 2 is 1.65 bits per heavy atom. The van der Waals surface area contributed by atoms with E-state index in [2.05, 4.69) is 31.1 Å². The van der Waals surface area contributed by atoms with Crippen LogP contribution in [0, 0.1) is 11.7 Å². The Balaban J connectivity index is 0.946. The Morgan fingerprint density at radius 3 is 2.31 bits per heavy atom. The van der Waals surface area contributed by atoms with Crippen LogP contribution in [0.1, 0.15) is 44.7 Å². The summed E-state index contributed by atoms with van der Waals surface area (Å²) in [6.45, 7) is 15.6. The van der Waals surface area contributed by atoms with Crippen LogP contribution in [0.3, 0.4) is 0 Å². The lowest BCUT2D eigenvalue weighted by atomic mass is 9.95. The van der Waals surface area contributed by atoms with Gasteiger partial charge in [0.25, 0.3) is 0 Å². The highest BCUT2D eigenvalue weighted by atomic mass is 19.1. The number of phenols is 1. The maximum Gasteiger partial charge on any atom is 0.410 e. The monoisotopic (exact) mass is 663 g/mol. The first-order valence-corrected chi connectivity index (χ1v) is 17.3. The van der Waals surface area contributed by atoms with Gasteiger partial charge in [-0.3, -0.25) is 9.80 Å². The van der Waals surface area contributed by atoms with E-state index in [4.69, 9.17) is 10.5 Å². The average Bonchev–Trinajstić information content (AvgIpc) is 3.06. The van der Waals surface area contributed by atoms with Gasteiger partial charge in [0.2, 0.25) is 5.82 Å². The largest absolute Gasteiger partial charge is 0.507 e. The van der Waals surface area contributed by atoms with Crippen molar-refractivity contribution >= 4 is 17.5 Å². The minimum atomic E-state index is -0.474. The van der Waals surface area contributed by atoms with Crippen molar-refractivity contribution in [2.45, 2.75) is 45.8 Å². The van der Waals surface area contributed by atoms with Gasteiger partial charge in [0.1, 0.15) is 22.9 Å². The standard InChI is InChI=1S/C36H51FN8O3/c1-36(2,3)48-35(47)45-20-16-41(17-21-45)24-26-10-12-43(13-11-26)31-9-8-27(22-29(31)37)25-42-14-18-44(19-15-42)32-23-30(39-40-34(32)38)28-6-4-5-7-33(28)46/h4-9,22-23,26,39-40,46H,10-21,24-25,38H2,1-3H3/p+1. The summed E-state index contributed by atoms with van der Waals surface area (Å²) in [4.78, 5) is 23.5. The molecule has 11 nitrogen and oxygen atoms in total. The predicted octanol–water partition coefficient (Wildman–Crippen LogP) is 2.67. The van der Waals surface area contributed by atoms with Crippen molar-refractivity contribution in [1.82, 2.24) is 25.0 Å². The van der Waals surface area contributed by atoms with Gasteiger partial charge in [0, 0.05) is 84.1 Å². The summed E-state index contributed by atoms with van der Waals surface area (Å²) in [6, 6.07) is 13.0. The van der Waals surface area contributed by atoms with Gasteiger partial charge in [-0.05, 0) is 75.4 Å². The number of hydrogen-bond acceptors (Lipinski definition) is 9. The molecule has 3 fully saturated rings. The Kier molecular flexibility index (Phi) is 10.3. The molecule has 0 atom stereocenters. The van der Waals surface area contributed by atoms with Crippen LogP contribution >= 0.6 is 0 Å². The van der Waals surface area contributed by atoms with Crippen LogP contribution < -0.4 is 21.5 Å². The number of nitrogens with two attached hydrogens (primary N) is 2. The van der Waals surface area contributed by atoms with Crippen molar-refractivity contribution in [1.29, 1.82) is 0 Å². The molecule has 4 aliphatic rings. The Hall–Kier alpha value is -4.00. The number of carbonyl (C=O) groups is 1. The maximum atomic E-state index is 15.4. The minimum absolute atomic E-state index is 0.146. The molecule has 0 radical (unpaired) electrons. The number of piperazine rings is 2. The van der Waals surface area contributed by atoms with Gasteiger partial charge in [-0.25, -0.2) is 14.6 Å². The van der Waals surface area contributed by atoms with Crippen molar-refractivity contribution in [2.24, 2.45) is 11.7 Å². The zero-order valence-corrected chi connectivity index (χ0v) is 28.6. The summed E-state index contributed by atoms with van der Waals surface area (Å²) in [5.41, 5.74) is 15.0. The number of nitrogens with zero attached hydrogens (tertiary/aromatic N) is 5. The highest BCUT2D eigenvalue weighted by Gasteiger charge is 2.29. The third-order valence-electron chi connectivity index (χ3n) is 9.78. The van der Waals surface area contributed by atoms with Gasteiger partial charge in [-0.15, -0.1) is 0 Å². The van der Waals surface area contributed by atoms with Crippen LogP contribution in [0.2, 0.25) is 0 Å². The van der Waals surface area contributed by atoms with Crippen LogP contribution in [0.4, 0.5) is 14.9 Å². The average molecular weight is 664 g/mol. The molecule has 6 N–H and O–H groups in total. The second kappa shape index (κ2) is 14.6.